The number of nitrogens with zero attached hydrogens (tertiary/aromatic N) is 2. The van der Waals surface area contributed by atoms with E-state index in [1.807, 2.05) is 0 Å². The Morgan fingerprint density at radius 3 is 2.40 bits per heavy atom. The van der Waals surface area contributed by atoms with E-state index < -0.39 is 0 Å². The third kappa shape index (κ3) is 4.24. The minimum absolute atomic E-state index is 0. The zero-order chi connectivity index (χ0) is 16.4. The number of halogens is 2. The molecule has 142 valence electrons. The van der Waals surface area contributed by atoms with Gasteiger partial charge in [-0.2, -0.15) is 0 Å². The molecular formula is C19H31Cl2N3O. The van der Waals surface area contributed by atoms with Gasteiger partial charge in [0.15, 0.2) is 0 Å². The summed E-state index contributed by atoms with van der Waals surface area (Å²) in [5.41, 5.74) is 3.72. The molecule has 1 aromatic carbocycles. The van der Waals surface area contributed by atoms with E-state index in [4.69, 9.17) is 0 Å². The second kappa shape index (κ2) is 9.11. The molecule has 4 nitrogen and oxygen atoms in total. The van der Waals surface area contributed by atoms with E-state index in [2.05, 4.69) is 54.1 Å². The van der Waals surface area contributed by atoms with Gasteiger partial charge in [0.25, 0.3) is 0 Å². The van der Waals surface area contributed by atoms with E-state index in [0.717, 1.165) is 52.0 Å². The van der Waals surface area contributed by atoms with Gasteiger partial charge < -0.3 is 15.1 Å². The van der Waals surface area contributed by atoms with Gasteiger partial charge in [-0.1, -0.05) is 19.1 Å². The maximum atomic E-state index is 13.0. The smallest absolute Gasteiger partial charge is 0.242 e. The molecular weight excluding hydrogens is 357 g/mol. The molecule has 0 aromatic heterocycles. The van der Waals surface area contributed by atoms with Gasteiger partial charge in [-0.15, -0.1) is 24.8 Å². The first-order chi connectivity index (χ1) is 11.1. The van der Waals surface area contributed by atoms with Gasteiger partial charge in [0.2, 0.25) is 5.91 Å². The zero-order valence-electron chi connectivity index (χ0n) is 15.5. The van der Waals surface area contributed by atoms with Crippen LogP contribution in [0.25, 0.3) is 0 Å². The minimum atomic E-state index is -0.290. The fourth-order valence-corrected chi connectivity index (χ4v) is 3.97. The Labute approximate surface area is 164 Å². The van der Waals surface area contributed by atoms with E-state index in [0.29, 0.717) is 5.91 Å². The molecule has 0 radical (unpaired) electrons. The normalized spacial score (nSPS) is 23.0. The number of hydrogen-bond acceptors (Lipinski definition) is 3. The van der Waals surface area contributed by atoms with Crippen LogP contribution in [0.4, 0.5) is 5.69 Å². The number of benzene rings is 1. The summed E-state index contributed by atoms with van der Waals surface area (Å²) < 4.78 is 0. The fourth-order valence-electron chi connectivity index (χ4n) is 3.97. The highest BCUT2D eigenvalue weighted by atomic mass is 35.5. The number of hydrogen-bond donors (Lipinski definition) is 1. The highest BCUT2D eigenvalue weighted by Crippen LogP contribution is 2.28. The first-order valence-electron chi connectivity index (χ1n) is 8.93. The summed E-state index contributed by atoms with van der Waals surface area (Å²) in [4.78, 5) is 17.5. The summed E-state index contributed by atoms with van der Waals surface area (Å²) >= 11 is 0. The molecule has 6 heteroatoms. The SMILES string of the molecule is CCC1(C(=O)N2CCN(c3cccc(C)c3C)CC2)CCCN1.Cl.Cl. The quantitative estimate of drug-likeness (QED) is 0.863. The predicted octanol–water partition coefficient (Wildman–Crippen LogP) is 3.33. The standard InChI is InChI=1S/C19H29N3O.2ClH/c1-4-19(9-6-10-20-19)18(23)22-13-11-21(12-14-22)17-8-5-7-15(2)16(17)3;;/h5,7-8,20H,4,6,9-14H2,1-3H3;2*1H. The first kappa shape index (κ1) is 22.1. The molecule has 3 rings (SSSR count). The van der Waals surface area contributed by atoms with Crippen LogP contribution in [0.5, 0.6) is 0 Å². The summed E-state index contributed by atoms with van der Waals surface area (Å²) in [5.74, 6) is 0.318. The summed E-state index contributed by atoms with van der Waals surface area (Å²) in [6, 6.07) is 6.49. The first-order valence-corrected chi connectivity index (χ1v) is 8.93. The second-order valence-electron chi connectivity index (χ2n) is 6.96. The lowest BCUT2D eigenvalue weighted by molar-refractivity contribution is -0.138. The van der Waals surface area contributed by atoms with Gasteiger partial charge in [-0.05, 0) is 56.8 Å². The molecule has 25 heavy (non-hydrogen) atoms. The molecule has 0 spiro atoms. The van der Waals surface area contributed by atoms with Crippen LogP contribution in [-0.2, 0) is 4.79 Å². The lowest BCUT2D eigenvalue weighted by Gasteiger charge is -2.41. The minimum Gasteiger partial charge on any atom is -0.368 e. The molecule has 1 aromatic rings. The number of piperazine rings is 1. The molecule has 0 aliphatic carbocycles. The van der Waals surface area contributed by atoms with Gasteiger partial charge >= 0.3 is 0 Å². The Balaban J connectivity index is 0.00000156. The van der Waals surface area contributed by atoms with E-state index >= 15 is 0 Å². The summed E-state index contributed by atoms with van der Waals surface area (Å²) in [6.45, 7) is 11.0. The molecule has 1 amide bonds. The number of anilines is 1. The van der Waals surface area contributed by atoms with E-state index in [-0.39, 0.29) is 30.4 Å². The lowest BCUT2D eigenvalue weighted by atomic mass is 9.92. The van der Waals surface area contributed by atoms with Crippen LogP contribution in [0, 0.1) is 13.8 Å². The maximum absolute atomic E-state index is 13.0. The topological polar surface area (TPSA) is 35.6 Å². The van der Waals surface area contributed by atoms with Gasteiger partial charge in [0.1, 0.15) is 0 Å². The third-order valence-electron chi connectivity index (χ3n) is 5.74. The summed E-state index contributed by atoms with van der Waals surface area (Å²) in [6.07, 6.45) is 2.99. The van der Waals surface area contributed by atoms with Crippen LogP contribution in [-0.4, -0.2) is 49.1 Å². The highest BCUT2D eigenvalue weighted by Gasteiger charge is 2.42. The van der Waals surface area contributed by atoms with Crippen molar-refractivity contribution < 1.29 is 4.79 Å². The fraction of sp³-hybridized carbons (Fsp3) is 0.632. The number of carbonyl (C=O) groups excluding carboxylic acids is 1. The van der Waals surface area contributed by atoms with Crippen molar-refractivity contribution in [2.75, 3.05) is 37.6 Å². The van der Waals surface area contributed by atoms with E-state index in [9.17, 15) is 4.79 Å². The summed E-state index contributed by atoms with van der Waals surface area (Å²) in [7, 11) is 0. The number of aryl methyl sites for hydroxylation is 1. The zero-order valence-corrected chi connectivity index (χ0v) is 17.1. The molecule has 2 aliphatic heterocycles. The molecule has 2 saturated heterocycles. The molecule has 0 saturated carbocycles. The number of nitrogens with one attached hydrogen (secondary N) is 1. The molecule has 1 unspecified atom stereocenters. The van der Waals surface area contributed by atoms with Crippen molar-refractivity contribution in [2.24, 2.45) is 0 Å². The van der Waals surface area contributed by atoms with Crippen molar-refractivity contribution >= 4 is 36.4 Å². The average Bonchev–Trinajstić information content (AvgIpc) is 3.07. The van der Waals surface area contributed by atoms with Crippen LogP contribution in [0.3, 0.4) is 0 Å². The van der Waals surface area contributed by atoms with E-state index in [1.165, 1.54) is 16.8 Å². The Morgan fingerprint density at radius 1 is 1.16 bits per heavy atom. The van der Waals surface area contributed by atoms with Gasteiger partial charge in [0.05, 0.1) is 5.54 Å². The lowest BCUT2D eigenvalue weighted by Crippen LogP contribution is -2.59. The Bertz CT molecular complexity index is 580. The van der Waals surface area contributed by atoms with Crippen molar-refractivity contribution in [3.05, 3.63) is 29.3 Å². The monoisotopic (exact) mass is 387 g/mol. The maximum Gasteiger partial charge on any atom is 0.242 e. The Hall–Kier alpha value is -0.970. The van der Waals surface area contributed by atoms with Gasteiger partial charge in [-0.25, -0.2) is 0 Å². The molecule has 2 aliphatic rings. The van der Waals surface area contributed by atoms with Crippen LogP contribution < -0.4 is 10.2 Å². The third-order valence-corrected chi connectivity index (χ3v) is 5.74. The van der Waals surface area contributed by atoms with Gasteiger partial charge in [0, 0.05) is 31.9 Å². The van der Waals surface area contributed by atoms with Crippen molar-refractivity contribution in [3.63, 3.8) is 0 Å². The second-order valence-corrected chi connectivity index (χ2v) is 6.96. The largest absolute Gasteiger partial charge is 0.368 e. The molecule has 1 N–H and O–H groups in total. The van der Waals surface area contributed by atoms with Crippen LogP contribution >= 0.6 is 24.8 Å². The Kier molecular flexibility index (Phi) is 8.04. The summed E-state index contributed by atoms with van der Waals surface area (Å²) in [5, 5.41) is 3.47. The molecule has 1 atom stereocenters. The van der Waals surface area contributed by atoms with Crippen molar-refractivity contribution in [3.8, 4) is 0 Å². The number of carbonyl (C=O) groups is 1. The van der Waals surface area contributed by atoms with Crippen molar-refractivity contribution in [2.45, 2.75) is 45.6 Å². The molecule has 2 heterocycles. The van der Waals surface area contributed by atoms with Gasteiger partial charge in [-0.3, -0.25) is 4.79 Å². The average molecular weight is 388 g/mol. The van der Waals surface area contributed by atoms with Crippen LogP contribution in [0.1, 0.15) is 37.3 Å². The predicted molar refractivity (Wildman–Crippen MR) is 109 cm³/mol. The number of rotatable bonds is 3. The van der Waals surface area contributed by atoms with Crippen molar-refractivity contribution in [1.29, 1.82) is 0 Å². The highest BCUT2D eigenvalue weighted by molar-refractivity contribution is 5.87. The number of amides is 1. The van der Waals surface area contributed by atoms with E-state index in [1.54, 1.807) is 0 Å². The van der Waals surface area contributed by atoms with Crippen LogP contribution in [0.15, 0.2) is 18.2 Å². The molecule has 0 bridgehead atoms. The van der Waals surface area contributed by atoms with Crippen molar-refractivity contribution in [1.82, 2.24) is 10.2 Å². The molecule has 2 fully saturated rings. The van der Waals surface area contributed by atoms with Crippen LogP contribution in [0.2, 0.25) is 0 Å². The Morgan fingerprint density at radius 2 is 1.84 bits per heavy atom.